The van der Waals surface area contributed by atoms with Gasteiger partial charge in [-0.15, -0.1) is 0 Å². The summed E-state index contributed by atoms with van der Waals surface area (Å²) in [5.74, 6) is -1.68. The molecule has 6 nitrogen and oxygen atoms in total. The lowest BCUT2D eigenvalue weighted by Crippen LogP contribution is -2.27. The standard InChI is InChI=1S/C22H21F2N3O3S.C2H6/c1-13(2)30-21-7-5-16(31(3)29)9-17(21)22(28)26-10-14-11-27(25-20(14)12-26)15-4-6-18(23)19(24)8-15;1-2/h4-9,11,13H,10,12H2,1-3H3;1-2H3. The maximum atomic E-state index is 13.5. The highest BCUT2D eigenvalue weighted by molar-refractivity contribution is 7.84. The number of carbonyl (C=O) groups excluding carboxylic acids is 1. The number of halogens is 2. The van der Waals surface area contributed by atoms with E-state index in [1.807, 2.05) is 27.7 Å². The molecule has 1 atom stereocenters. The Kier molecular flexibility index (Phi) is 7.63. The Bertz CT molecular complexity index is 1170. The van der Waals surface area contributed by atoms with E-state index in [0.717, 1.165) is 17.7 Å². The van der Waals surface area contributed by atoms with Gasteiger partial charge < -0.3 is 9.64 Å². The van der Waals surface area contributed by atoms with Crippen molar-refractivity contribution in [2.45, 2.75) is 51.8 Å². The molecule has 3 aromatic rings. The summed E-state index contributed by atoms with van der Waals surface area (Å²) in [6.07, 6.45) is 3.14. The second-order valence-electron chi connectivity index (χ2n) is 7.58. The zero-order valence-corrected chi connectivity index (χ0v) is 20.1. The molecule has 1 aromatic heterocycles. The highest BCUT2D eigenvalue weighted by Crippen LogP contribution is 2.29. The average Bonchev–Trinajstić information content (AvgIpc) is 3.36. The van der Waals surface area contributed by atoms with E-state index in [-0.39, 0.29) is 18.6 Å². The van der Waals surface area contributed by atoms with Crippen LogP contribution in [0.4, 0.5) is 8.78 Å². The van der Waals surface area contributed by atoms with Gasteiger partial charge >= 0.3 is 0 Å². The smallest absolute Gasteiger partial charge is 0.258 e. The molecule has 2 aromatic carbocycles. The zero-order valence-electron chi connectivity index (χ0n) is 19.3. The molecule has 2 heterocycles. The summed E-state index contributed by atoms with van der Waals surface area (Å²) in [5.41, 5.74) is 2.25. The fourth-order valence-corrected chi connectivity index (χ4v) is 3.98. The van der Waals surface area contributed by atoms with Gasteiger partial charge in [-0.1, -0.05) is 13.8 Å². The number of amides is 1. The van der Waals surface area contributed by atoms with E-state index < -0.39 is 22.4 Å². The number of ether oxygens (including phenoxy) is 1. The normalized spacial score (nSPS) is 13.4. The number of benzene rings is 2. The van der Waals surface area contributed by atoms with Crippen molar-refractivity contribution in [1.29, 1.82) is 0 Å². The second-order valence-corrected chi connectivity index (χ2v) is 8.96. The molecule has 176 valence electrons. The molecule has 1 aliphatic heterocycles. The Morgan fingerprint density at radius 1 is 1.09 bits per heavy atom. The van der Waals surface area contributed by atoms with Crippen LogP contribution in [0.3, 0.4) is 0 Å². The molecule has 0 N–H and O–H groups in total. The number of rotatable bonds is 5. The van der Waals surface area contributed by atoms with E-state index in [1.165, 1.54) is 10.7 Å². The molecule has 1 amide bonds. The summed E-state index contributed by atoms with van der Waals surface area (Å²) in [6, 6.07) is 8.53. The first-order chi connectivity index (χ1) is 15.7. The Morgan fingerprint density at radius 3 is 2.42 bits per heavy atom. The topological polar surface area (TPSA) is 64.4 Å². The third kappa shape index (κ3) is 5.30. The first-order valence-electron chi connectivity index (χ1n) is 10.7. The van der Waals surface area contributed by atoms with Gasteiger partial charge in [0.1, 0.15) is 5.75 Å². The van der Waals surface area contributed by atoms with Crippen LogP contribution in [-0.4, -0.2) is 37.2 Å². The largest absolute Gasteiger partial charge is 0.490 e. The maximum absolute atomic E-state index is 13.5. The van der Waals surface area contributed by atoms with Crippen molar-refractivity contribution >= 4 is 16.7 Å². The van der Waals surface area contributed by atoms with E-state index in [9.17, 15) is 17.8 Å². The van der Waals surface area contributed by atoms with Crippen LogP contribution in [0.1, 0.15) is 49.3 Å². The number of hydrogen-bond donors (Lipinski definition) is 0. The molecule has 1 aliphatic rings. The van der Waals surface area contributed by atoms with E-state index >= 15 is 0 Å². The monoisotopic (exact) mass is 475 g/mol. The molecule has 0 aliphatic carbocycles. The quantitative estimate of drug-likeness (QED) is 0.529. The minimum Gasteiger partial charge on any atom is -0.490 e. The molecule has 0 radical (unpaired) electrons. The molecular weight excluding hydrogens is 448 g/mol. The average molecular weight is 476 g/mol. The summed E-state index contributed by atoms with van der Waals surface area (Å²) < 4.78 is 45.9. The van der Waals surface area contributed by atoms with Gasteiger partial charge in [0.05, 0.1) is 29.6 Å². The minimum absolute atomic E-state index is 0.126. The van der Waals surface area contributed by atoms with Crippen LogP contribution in [0, 0.1) is 11.6 Å². The van der Waals surface area contributed by atoms with Crippen LogP contribution < -0.4 is 4.74 Å². The summed E-state index contributed by atoms with van der Waals surface area (Å²) in [5, 5.41) is 4.43. The van der Waals surface area contributed by atoms with Gasteiger partial charge in [-0.3, -0.25) is 9.00 Å². The SMILES string of the molecule is CC.CC(C)Oc1ccc(S(C)=O)cc1C(=O)N1Cc2cn(-c3ccc(F)c(F)c3)nc2C1. The van der Waals surface area contributed by atoms with E-state index in [1.54, 1.807) is 35.6 Å². The summed E-state index contributed by atoms with van der Waals surface area (Å²) in [4.78, 5) is 15.4. The van der Waals surface area contributed by atoms with Crippen molar-refractivity contribution in [3.05, 3.63) is 71.1 Å². The highest BCUT2D eigenvalue weighted by Gasteiger charge is 2.29. The van der Waals surface area contributed by atoms with Gasteiger partial charge in [-0.2, -0.15) is 5.10 Å². The number of aromatic nitrogens is 2. The minimum atomic E-state index is -1.24. The third-order valence-corrected chi connectivity index (χ3v) is 5.83. The Hall–Kier alpha value is -3.07. The number of fused-ring (bicyclic) bond motifs is 1. The Labute approximate surface area is 194 Å². The molecule has 0 saturated carbocycles. The molecule has 33 heavy (non-hydrogen) atoms. The Morgan fingerprint density at radius 2 is 1.82 bits per heavy atom. The van der Waals surface area contributed by atoms with Crippen LogP contribution in [0.5, 0.6) is 5.75 Å². The molecule has 0 bridgehead atoms. The van der Waals surface area contributed by atoms with Crippen molar-refractivity contribution in [2.24, 2.45) is 0 Å². The van der Waals surface area contributed by atoms with Gasteiger partial charge in [-0.25, -0.2) is 13.5 Å². The van der Waals surface area contributed by atoms with E-state index in [0.29, 0.717) is 34.1 Å². The molecule has 9 heteroatoms. The molecule has 0 fully saturated rings. The van der Waals surface area contributed by atoms with Crippen molar-refractivity contribution in [3.63, 3.8) is 0 Å². The molecular formula is C24H27F2N3O3S. The molecule has 0 spiro atoms. The predicted molar refractivity (Wildman–Crippen MR) is 123 cm³/mol. The lowest BCUT2D eigenvalue weighted by molar-refractivity contribution is 0.0742. The van der Waals surface area contributed by atoms with Gasteiger partial charge in [0.2, 0.25) is 0 Å². The third-order valence-electron chi connectivity index (χ3n) is 4.91. The Balaban J connectivity index is 0.00000149. The van der Waals surface area contributed by atoms with Gasteiger partial charge in [0.15, 0.2) is 11.6 Å². The summed E-state index contributed by atoms with van der Waals surface area (Å²) in [6.45, 7) is 8.32. The fourth-order valence-electron chi connectivity index (χ4n) is 3.44. The molecule has 0 saturated heterocycles. The molecule has 4 rings (SSSR count). The number of nitrogens with zero attached hydrogens (tertiary/aromatic N) is 3. The van der Waals surface area contributed by atoms with Gasteiger partial charge in [-0.05, 0) is 44.2 Å². The lowest BCUT2D eigenvalue weighted by atomic mass is 10.1. The van der Waals surface area contributed by atoms with E-state index in [4.69, 9.17) is 4.74 Å². The second kappa shape index (κ2) is 10.2. The molecule has 1 unspecified atom stereocenters. The van der Waals surface area contributed by atoms with Crippen LogP contribution in [0.25, 0.3) is 5.69 Å². The van der Waals surface area contributed by atoms with Crippen LogP contribution in [0.2, 0.25) is 0 Å². The highest BCUT2D eigenvalue weighted by atomic mass is 32.2. The maximum Gasteiger partial charge on any atom is 0.258 e. The predicted octanol–water partition coefficient (Wildman–Crippen LogP) is 4.86. The van der Waals surface area contributed by atoms with Crippen LogP contribution in [0.15, 0.2) is 47.5 Å². The zero-order chi connectivity index (χ0) is 24.3. The van der Waals surface area contributed by atoms with Crippen molar-refractivity contribution in [3.8, 4) is 11.4 Å². The first-order valence-corrected chi connectivity index (χ1v) is 12.2. The van der Waals surface area contributed by atoms with E-state index in [2.05, 4.69) is 5.10 Å². The van der Waals surface area contributed by atoms with Crippen LogP contribution >= 0.6 is 0 Å². The van der Waals surface area contributed by atoms with Crippen molar-refractivity contribution < 1.29 is 22.5 Å². The van der Waals surface area contributed by atoms with Crippen molar-refractivity contribution in [2.75, 3.05) is 6.26 Å². The summed E-state index contributed by atoms with van der Waals surface area (Å²) in [7, 11) is -1.24. The van der Waals surface area contributed by atoms with Gasteiger partial charge in [0, 0.05) is 46.3 Å². The lowest BCUT2D eigenvalue weighted by Gasteiger charge is -2.20. The number of hydrogen-bond acceptors (Lipinski definition) is 4. The van der Waals surface area contributed by atoms with Crippen LogP contribution in [-0.2, 0) is 23.9 Å². The first kappa shape index (κ1) is 24.6. The fraction of sp³-hybridized carbons (Fsp3) is 0.333. The van der Waals surface area contributed by atoms with Crippen molar-refractivity contribution in [1.82, 2.24) is 14.7 Å². The summed E-state index contributed by atoms with van der Waals surface area (Å²) >= 11 is 0. The number of carbonyl (C=O) groups is 1. The van der Waals surface area contributed by atoms with Gasteiger partial charge in [0.25, 0.3) is 5.91 Å².